The first-order valence-electron chi connectivity index (χ1n) is 5.50. The van der Waals surface area contributed by atoms with Crippen LogP contribution in [0.25, 0.3) is 11.1 Å². The van der Waals surface area contributed by atoms with Gasteiger partial charge in [-0.3, -0.25) is 10.1 Å². The molecule has 0 aliphatic rings. The first-order chi connectivity index (χ1) is 9.29. The fraction of sp³-hybridized carbons (Fsp3) is 0.0769. The summed E-state index contributed by atoms with van der Waals surface area (Å²) in [5.74, 6) is 0. The van der Waals surface area contributed by atoms with Gasteiger partial charge in [-0.25, -0.2) is 0 Å². The second-order valence-corrected chi connectivity index (χ2v) is 4.11. The van der Waals surface area contributed by atoms with Crippen molar-refractivity contribution in [2.75, 3.05) is 5.73 Å². The third-order valence-corrected chi connectivity index (χ3v) is 2.75. The van der Waals surface area contributed by atoms with Gasteiger partial charge in [0.1, 0.15) is 0 Å². The summed E-state index contributed by atoms with van der Waals surface area (Å²) in [5, 5.41) is 10.7. The number of non-ortho nitro benzene ring substituents is 1. The molecule has 0 heterocycles. The summed E-state index contributed by atoms with van der Waals surface area (Å²) in [6, 6.07) is 8.81. The molecule has 2 N–H and O–H groups in total. The van der Waals surface area contributed by atoms with Crippen LogP contribution in [0.3, 0.4) is 0 Å². The van der Waals surface area contributed by atoms with Gasteiger partial charge in [0, 0.05) is 17.8 Å². The molecule has 104 valence electrons. The quantitative estimate of drug-likeness (QED) is 0.516. The minimum atomic E-state index is -4.57. The first kappa shape index (κ1) is 13.9. The fourth-order valence-corrected chi connectivity index (χ4v) is 1.78. The number of halogens is 3. The van der Waals surface area contributed by atoms with E-state index < -0.39 is 16.7 Å². The summed E-state index contributed by atoms with van der Waals surface area (Å²) in [5.41, 5.74) is 4.32. The highest BCUT2D eigenvalue weighted by Crippen LogP contribution is 2.36. The Morgan fingerprint density at radius 1 is 1.05 bits per heavy atom. The van der Waals surface area contributed by atoms with E-state index in [1.54, 1.807) is 0 Å². The monoisotopic (exact) mass is 282 g/mol. The summed E-state index contributed by atoms with van der Waals surface area (Å²) in [6.07, 6.45) is -4.57. The summed E-state index contributed by atoms with van der Waals surface area (Å²) in [4.78, 5) is 10.1. The lowest BCUT2D eigenvalue weighted by Gasteiger charge is -2.11. The van der Waals surface area contributed by atoms with Gasteiger partial charge in [0.15, 0.2) is 0 Å². The van der Waals surface area contributed by atoms with Gasteiger partial charge in [-0.15, -0.1) is 0 Å². The molecule has 0 saturated carbocycles. The zero-order valence-corrected chi connectivity index (χ0v) is 10.0. The Morgan fingerprint density at radius 3 is 2.30 bits per heavy atom. The molecule has 7 heteroatoms. The Balaban J connectivity index is 2.54. The van der Waals surface area contributed by atoms with Crippen molar-refractivity contribution in [3.63, 3.8) is 0 Å². The van der Waals surface area contributed by atoms with Gasteiger partial charge in [0.05, 0.1) is 10.5 Å². The molecule has 4 nitrogen and oxygen atoms in total. The smallest absolute Gasteiger partial charge is 0.398 e. The summed E-state index contributed by atoms with van der Waals surface area (Å²) >= 11 is 0. The van der Waals surface area contributed by atoms with E-state index in [9.17, 15) is 23.3 Å². The summed E-state index contributed by atoms with van der Waals surface area (Å²) < 4.78 is 38.3. The maximum atomic E-state index is 12.8. The molecule has 0 atom stereocenters. The van der Waals surface area contributed by atoms with Crippen LogP contribution in [0.1, 0.15) is 5.56 Å². The van der Waals surface area contributed by atoms with Gasteiger partial charge in [-0.05, 0) is 23.3 Å². The second kappa shape index (κ2) is 4.84. The van der Waals surface area contributed by atoms with Crippen molar-refractivity contribution in [3.8, 4) is 11.1 Å². The Bertz CT molecular complexity index is 669. The van der Waals surface area contributed by atoms with Crippen LogP contribution in [0.5, 0.6) is 0 Å². The van der Waals surface area contributed by atoms with E-state index in [0.717, 1.165) is 12.1 Å². The lowest BCUT2D eigenvalue weighted by molar-refractivity contribution is -0.384. The van der Waals surface area contributed by atoms with Crippen LogP contribution in [0.4, 0.5) is 24.5 Å². The highest BCUT2D eigenvalue weighted by Gasteiger charge is 2.33. The highest BCUT2D eigenvalue weighted by atomic mass is 19.4. The van der Waals surface area contributed by atoms with Crippen molar-refractivity contribution in [1.82, 2.24) is 0 Å². The number of nitrogen functional groups attached to an aromatic ring is 1. The number of benzene rings is 2. The van der Waals surface area contributed by atoms with Crippen molar-refractivity contribution in [1.29, 1.82) is 0 Å². The number of alkyl halides is 3. The molecule has 0 saturated heterocycles. The standard InChI is InChI=1S/C13H9F3N2O2/c14-13(15,16)11-7-9(4-5-12(11)17)8-2-1-3-10(6-8)18(19)20/h1-7H,17H2. The molecule has 0 radical (unpaired) electrons. The lowest BCUT2D eigenvalue weighted by atomic mass is 10.0. The van der Waals surface area contributed by atoms with Crippen molar-refractivity contribution in [2.45, 2.75) is 6.18 Å². The van der Waals surface area contributed by atoms with Crippen LogP contribution in [0.2, 0.25) is 0 Å². The average molecular weight is 282 g/mol. The molecular weight excluding hydrogens is 273 g/mol. The Hall–Kier alpha value is -2.57. The van der Waals surface area contributed by atoms with Crippen LogP contribution in [-0.2, 0) is 6.18 Å². The first-order valence-corrected chi connectivity index (χ1v) is 5.50. The molecule has 0 unspecified atom stereocenters. The zero-order valence-electron chi connectivity index (χ0n) is 10.0. The van der Waals surface area contributed by atoms with Crippen molar-refractivity contribution >= 4 is 11.4 Å². The van der Waals surface area contributed by atoms with E-state index in [4.69, 9.17) is 5.73 Å². The van der Waals surface area contributed by atoms with Crippen molar-refractivity contribution in [3.05, 3.63) is 58.1 Å². The molecule has 0 amide bonds. The largest absolute Gasteiger partial charge is 0.418 e. The third kappa shape index (κ3) is 2.71. The summed E-state index contributed by atoms with van der Waals surface area (Å²) in [7, 11) is 0. The molecule has 2 aromatic rings. The predicted octanol–water partition coefficient (Wildman–Crippen LogP) is 3.86. The van der Waals surface area contributed by atoms with E-state index in [2.05, 4.69) is 0 Å². The van der Waals surface area contributed by atoms with Crippen molar-refractivity contribution in [2.24, 2.45) is 0 Å². The number of nitro groups is 1. The second-order valence-electron chi connectivity index (χ2n) is 4.11. The number of nitro benzene ring substituents is 1. The summed E-state index contributed by atoms with van der Waals surface area (Å²) in [6.45, 7) is 0. The number of nitrogens with zero attached hydrogens (tertiary/aromatic N) is 1. The van der Waals surface area contributed by atoms with E-state index >= 15 is 0 Å². The van der Waals surface area contributed by atoms with Gasteiger partial charge in [-0.1, -0.05) is 18.2 Å². The number of hydrogen-bond acceptors (Lipinski definition) is 3. The van der Waals surface area contributed by atoms with Gasteiger partial charge in [0.25, 0.3) is 5.69 Å². The Kier molecular flexibility index (Phi) is 3.35. The van der Waals surface area contributed by atoms with Crippen LogP contribution in [0, 0.1) is 10.1 Å². The van der Waals surface area contributed by atoms with Gasteiger partial charge < -0.3 is 5.73 Å². The molecule has 0 fully saturated rings. The maximum Gasteiger partial charge on any atom is 0.418 e. The number of nitrogens with two attached hydrogens (primary N) is 1. The average Bonchev–Trinajstić information content (AvgIpc) is 2.38. The van der Waals surface area contributed by atoms with E-state index in [1.165, 1.54) is 30.3 Å². The number of rotatable bonds is 2. The van der Waals surface area contributed by atoms with E-state index in [0.29, 0.717) is 5.56 Å². The van der Waals surface area contributed by atoms with E-state index in [1.807, 2.05) is 0 Å². The normalized spacial score (nSPS) is 11.3. The molecule has 0 aliphatic heterocycles. The van der Waals surface area contributed by atoms with Crippen LogP contribution in [0.15, 0.2) is 42.5 Å². The molecule has 2 rings (SSSR count). The zero-order chi connectivity index (χ0) is 14.9. The minimum Gasteiger partial charge on any atom is -0.398 e. The predicted molar refractivity (Wildman–Crippen MR) is 67.9 cm³/mol. The van der Waals surface area contributed by atoms with Gasteiger partial charge in [0.2, 0.25) is 0 Å². The molecule has 2 aromatic carbocycles. The molecule has 20 heavy (non-hydrogen) atoms. The Labute approximate surface area is 111 Å². The Morgan fingerprint density at radius 2 is 1.70 bits per heavy atom. The number of hydrogen-bond donors (Lipinski definition) is 1. The maximum absolute atomic E-state index is 12.8. The third-order valence-electron chi connectivity index (χ3n) is 2.75. The van der Waals surface area contributed by atoms with Crippen LogP contribution < -0.4 is 5.73 Å². The molecule has 0 spiro atoms. The molecule has 0 bridgehead atoms. The topological polar surface area (TPSA) is 69.2 Å². The molecule has 0 aromatic heterocycles. The van der Waals surface area contributed by atoms with Gasteiger partial charge in [-0.2, -0.15) is 13.2 Å². The SMILES string of the molecule is Nc1ccc(-c2cccc([N+](=O)[O-])c2)cc1C(F)(F)F. The highest BCUT2D eigenvalue weighted by molar-refractivity contribution is 5.70. The van der Waals surface area contributed by atoms with Crippen LogP contribution in [-0.4, -0.2) is 4.92 Å². The number of anilines is 1. The van der Waals surface area contributed by atoms with Crippen LogP contribution >= 0.6 is 0 Å². The van der Waals surface area contributed by atoms with E-state index in [-0.39, 0.29) is 16.9 Å². The minimum absolute atomic E-state index is 0.187. The molecule has 0 aliphatic carbocycles. The van der Waals surface area contributed by atoms with Crippen molar-refractivity contribution < 1.29 is 18.1 Å². The fourth-order valence-electron chi connectivity index (χ4n) is 1.78. The van der Waals surface area contributed by atoms with Gasteiger partial charge >= 0.3 is 6.18 Å². The molecular formula is C13H9F3N2O2. The lowest BCUT2D eigenvalue weighted by Crippen LogP contribution is -2.08.